The Morgan fingerprint density at radius 1 is 1.50 bits per heavy atom. The Balaban J connectivity index is 2.15. The van der Waals surface area contributed by atoms with Crippen molar-refractivity contribution in [3.05, 3.63) is 0 Å². The lowest BCUT2D eigenvalue weighted by Gasteiger charge is -1.70. The molecule has 0 aromatic rings. The van der Waals surface area contributed by atoms with Crippen LogP contribution in [0.5, 0.6) is 0 Å². The molecule has 0 bridgehead atoms. The highest BCUT2D eigenvalue weighted by atomic mass is 15.3. The maximum absolute atomic E-state index is 4.73. The lowest BCUT2D eigenvalue weighted by Crippen LogP contribution is -1.77. The van der Waals surface area contributed by atoms with E-state index >= 15 is 0 Å². The Hall–Kier alpha value is -0.600. The molecular formula is C3H7N3. The van der Waals surface area contributed by atoms with E-state index in [1.54, 1.807) is 0 Å². The van der Waals surface area contributed by atoms with Gasteiger partial charge >= 0.3 is 0 Å². The fraction of sp³-hybridized carbons (Fsp3) is 1.00. The number of nitrogens with zero attached hydrogens (tertiary/aromatic N) is 2. The van der Waals surface area contributed by atoms with Crippen LogP contribution in [-0.2, 0) is 0 Å². The van der Waals surface area contributed by atoms with Gasteiger partial charge in [0.25, 0.3) is 0 Å². The number of nitrogens with two attached hydrogens (primary N) is 1. The van der Waals surface area contributed by atoms with E-state index in [9.17, 15) is 0 Å². The highest BCUT2D eigenvalue weighted by Crippen LogP contribution is 2.22. The van der Waals surface area contributed by atoms with Gasteiger partial charge in [0.1, 0.15) is 0 Å². The zero-order valence-electron chi connectivity index (χ0n) is 3.46. The smallest absolute Gasteiger partial charge is 0.0731 e. The fourth-order valence-corrected chi connectivity index (χ4v) is 0.284. The van der Waals surface area contributed by atoms with Gasteiger partial charge in [-0.2, -0.15) is 5.11 Å². The van der Waals surface area contributed by atoms with Crippen LogP contribution in [-0.4, -0.2) is 6.04 Å². The minimum Gasteiger partial charge on any atom is -0.305 e. The summed E-state index contributed by atoms with van der Waals surface area (Å²) in [6.45, 7) is 0. The number of hydrogen-bond acceptors (Lipinski definition) is 2. The topological polar surface area (TPSA) is 50.7 Å². The predicted molar refractivity (Wildman–Crippen MR) is 22.1 cm³/mol. The maximum atomic E-state index is 4.73. The van der Waals surface area contributed by atoms with Crippen LogP contribution in [0.4, 0.5) is 0 Å². The van der Waals surface area contributed by atoms with Crippen LogP contribution in [0.15, 0.2) is 10.3 Å². The van der Waals surface area contributed by atoms with Crippen LogP contribution in [0.25, 0.3) is 0 Å². The summed E-state index contributed by atoms with van der Waals surface area (Å²) in [7, 11) is 0. The van der Waals surface area contributed by atoms with E-state index < -0.39 is 0 Å². The monoisotopic (exact) mass is 85.1 g/mol. The predicted octanol–water partition coefficient (Wildman–Crippen LogP) is 0.475. The summed E-state index contributed by atoms with van der Waals surface area (Å²) in [6, 6.07) is 0.481. The standard InChI is InChI=1S/C3H7N3/c4-6-5-3-1-2-3/h3H,1-2H2,(H2,4,5). The molecule has 2 N–H and O–H groups in total. The second kappa shape index (κ2) is 1.24. The molecule has 3 heteroatoms. The van der Waals surface area contributed by atoms with Crippen LogP contribution in [0.1, 0.15) is 12.8 Å². The minimum atomic E-state index is 0.481. The van der Waals surface area contributed by atoms with E-state index in [4.69, 9.17) is 5.84 Å². The summed E-state index contributed by atoms with van der Waals surface area (Å²) < 4.78 is 0. The second-order valence-electron chi connectivity index (χ2n) is 1.46. The van der Waals surface area contributed by atoms with Gasteiger partial charge in [-0.3, -0.25) is 0 Å². The average molecular weight is 85.1 g/mol. The molecule has 0 aliphatic heterocycles. The molecule has 0 spiro atoms. The third-order valence-electron chi connectivity index (χ3n) is 0.777. The van der Waals surface area contributed by atoms with E-state index in [1.165, 1.54) is 12.8 Å². The molecule has 1 aliphatic rings. The third kappa shape index (κ3) is 0.672. The Bertz CT molecular complexity index is 64.4. The Morgan fingerprint density at radius 2 is 2.17 bits per heavy atom. The molecule has 0 saturated heterocycles. The first kappa shape index (κ1) is 3.59. The fourth-order valence-electron chi connectivity index (χ4n) is 0.284. The van der Waals surface area contributed by atoms with Gasteiger partial charge in [0.15, 0.2) is 0 Å². The van der Waals surface area contributed by atoms with Gasteiger partial charge in [0, 0.05) is 0 Å². The van der Waals surface area contributed by atoms with Crippen LogP contribution in [0.3, 0.4) is 0 Å². The SMILES string of the molecule is NN=NC1CC1. The summed E-state index contributed by atoms with van der Waals surface area (Å²) in [4.78, 5) is 0. The van der Waals surface area contributed by atoms with Crippen LogP contribution >= 0.6 is 0 Å². The van der Waals surface area contributed by atoms with E-state index in [0.717, 1.165) is 0 Å². The molecule has 1 fully saturated rings. The molecule has 0 aromatic heterocycles. The molecule has 0 atom stereocenters. The van der Waals surface area contributed by atoms with Crippen molar-refractivity contribution in [1.82, 2.24) is 0 Å². The molecule has 0 heterocycles. The molecule has 0 aromatic carbocycles. The number of rotatable bonds is 1. The summed E-state index contributed by atoms with van der Waals surface area (Å²) in [5.74, 6) is 4.73. The maximum Gasteiger partial charge on any atom is 0.0731 e. The van der Waals surface area contributed by atoms with Crippen molar-refractivity contribution in [1.29, 1.82) is 0 Å². The van der Waals surface area contributed by atoms with Gasteiger partial charge in [-0.05, 0) is 12.8 Å². The molecule has 1 saturated carbocycles. The van der Waals surface area contributed by atoms with Crippen molar-refractivity contribution >= 4 is 0 Å². The first-order valence-electron chi connectivity index (χ1n) is 2.03. The van der Waals surface area contributed by atoms with Crippen molar-refractivity contribution in [3.8, 4) is 0 Å². The van der Waals surface area contributed by atoms with Gasteiger partial charge in [0.2, 0.25) is 0 Å². The Morgan fingerprint density at radius 3 is 2.33 bits per heavy atom. The molecule has 6 heavy (non-hydrogen) atoms. The second-order valence-corrected chi connectivity index (χ2v) is 1.46. The van der Waals surface area contributed by atoms with Gasteiger partial charge in [-0.25, -0.2) is 0 Å². The van der Waals surface area contributed by atoms with Crippen molar-refractivity contribution < 1.29 is 0 Å². The Kier molecular flexibility index (Phi) is 0.742. The van der Waals surface area contributed by atoms with E-state index in [0.29, 0.717) is 6.04 Å². The lowest BCUT2D eigenvalue weighted by molar-refractivity contribution is 0.888. The third-order valence-corrected chi connectivity index (χ3v) is 0.777. The Labute approximate surface area is 36.2 Å². The molecular weight excluding hydrogens is 78.1 g/mol. The van der Waals surface area contributed by atoms with E-state index in [-0.39, 0.29) is 0 Å². The molecule has 1 aliphatic carbocycles. The van der Waals surface area contributed by atoms with Gasteiger partial charge in [0.05, 0.1) is 6.04 Å². The first-order valence-corrected chi connectivity index (χ1v) is 2.03. The van der Waals surface area contributed by atoms with Crippen LogP contribution in [0, 0.1) is 0 Å². The number of hydrogen-bond donors (Lipinski definition) is 1. The van der Waals surface area contributed by atoms with E-state index in [1.807, 2.05) is 0 Å². The zero-order valence-corrected chi connectivity index (χ0v) is 3.46. The molecule has 1 rings (SSSR count). The van der Waals surface area contributed by atoms with Crippen LogP contribution in [0.2, 0.25) is 0 Å². The van der Waals surface area contributed by atoms with Gasteiger partial charge in [-0.15, -0.1) is 0 Å². The van der Waals surface area contributed by atoms with Gasteiger partial charge in [-0.1, -0.05) is 5.22 Å². The van der Waals surface area contributed by atoms with Gasteiger partial charge < -0.3 is 5.84 Å². The van der Waals surface area contributed by atoms with Crippen molar-refractivity contribution in [2.75, 3.05) is 0 Å². The average Bonchev–Trinajstić information content (AvgIpc) is 2.21. The largest absolute Gasteiger partial charge is 0.305 e. The highest BCUT2D eigenvalue weighted by molar-refractivity contribution is 4.78. The molecule has 0 unspecified atom stereocenters. The van der Waals surface area contributed by atoms with Crippen molar-refractivity contribution in [2.45, 2.75) is 18.9 Å². The normalized spacial score (nSPS) is 22.7. The highest BCUT2D eigenvalue weighted by Gasteiger charge is 2.19. The summed E-state index contributed by atoms with van der Waals surface area (Å²) in [5.41, 5.74) is 0. The van der Waals surface area contributed by atoms with Crippen molar-refractivity contribution in [2.24, 2.45) is 16.2 Å². The summed E-state index contributed by atoms with van der Waals surface area (Å²) in [5, 5.41) is 6.76. The minimum absolute atomic E-state index is 0.481. The summed E-state index contributed by atoms with van der Waals surface area (Å²) >= 11 is 0. The molecule has 0 radical (unpaired) electrons. The van der Waals surface area contributed by atoms with Crippen molar-refractivity contribution in [3.63, 3.8) is 0 Å². The molecule has 0 amide bonds. The van der Waals surface area contributed by atoms with Crippen LogP contribution < -0.4 is 5.84 Å². The lowest BCUT2D eigenvalue weighted by atomic mass is 10.8. The summed E-state index contributed by atoms with van der Waals surface area (Å²) in [6.07, 6.45) is 2.36. The van der Waals surface area contributed by atoms with E-state index in [2.05, 4.69) is 10.3 Å². The molecule has 34 valence electrons. The quantitative estimate of drug-likeness (QED) is 0.281. The molecule has 3 nitrogen and oxygen atoms in total. The first-order chi connectivity index (χ1) is 2.93. The zero-order chi connectivity index (χ0) is 4.41.